The van der Waals surface area contributed by atoms with Gasteiger partial charge in [-0.2, -0.15) is 13.2 Å². The van der Waals surface area contributed by atoms with E-state index < -0.39 is 46.4 Å². The van der Waals surface area contributed by atoms with Crippen molar-refractivity contribution in [3.63, 3.8) is 0 Å². The number of carbonyl (C=O) groups is 2. The number of nitrogens with zero attached hydrogens (tertiary/aromatic N) is 1. The van der Waals surface area contributed by atoms with Gasteiger partial charge in [0.05, 0.1) is 10.6 Å². The SMILES string of the molecule is O=C(Nc1ccc(F)c(NC(=O)C2CCCCC2)c1)c1cc(OCC(F)(F)F)ccc1[N+](=O)[O-]. The number of hydrogen-bond donors (Lipinski definition) is 2. The maximum Gasteiger partial charge on any atom is 0.422 e. The average molecular weight is 483 g/mol. The van der Waals surface area contributed by atoms with Crippen LogP contribution in [0.2, 0.25) is 0 Å². The zero-order valence-corrected chi connectivity index (χ0v) is 17.8. The molecule has 182 valence electrons. The summed E-state index contributed by atoms with van der Waals surface area (Å²) in [6.45, 7) is -1.64. The molecular weight excluding hydrogens is 462 g/mol. The molecule has 12 heteroatoms. The smallest absolute Gasteiger partial charge is 0.422 e. The van der Waals surface area contributed by atoms with Crippen LogP contribution in [0.15, 0.2) is 36.4 Å². The van der Waals surface area contributed by atoms with Crippen molar-refractivity contribution in [3.8, 4) is 5.75 Å². The fraction of sp³-hybridized carbons (Fsp3) is 0.364. The molecule has 0 atom stereocenters. The van der Waals surface area contributed by atoms with Gasteiger partial charge in [0.2, 0.25) is 5.91 Å². The minimum atomic E-state index is -4.64. The predicted octanol–water partition coefficient (Wildman–Crippen LogP) is 5.45. The fourth-order valence-electron chi connectivity index (χ4n) is 3.61. The molecule has 2 aromatic carbocycles. The van der Waals surface area contributed by atoms with Gasteiger partial charge in [0.1, 0.15) is 17.1 Å². The van der Waals surface area contributed by atoms with Crippen LogP contribution in [0.5, 0.6) is 5.75 Å². The van der Waals surface area contributed by atoms with Gasteiger partial charge in [-0.25, -0.2) is 4.39 Å². The highest BCUT2D eigenvalue weighted by Crippen LogP contribution is 2.29. The van der Waals surface area contributed by atoms with E-state index in [1.165, 1.54) is 6.07 Å². The van der Waals surface area contributed by atoms with E-state index in [-0.39, 0.29) is 23.2 Å². The zero-order chi connectivity index (χ0) is 24.9. The number of rotatable bonds is 7. The number of alkyl halides is 3. The summed E-state index contributed by atoms with van der Waals surface area (Å²) >= 11 is 0. The van der Waals surface area contributed by atoms with Gasteiger partial charge in [-0.3, -0.25) is 19.7 Å². The number of benzene rings is 2. The second kappa shape index (κ2) is 10.5. The molecule has 0 bridgehead atoms. The average Bonchev–Trinajstić information content (AvgIpc) is 2.79. The van der Waals surface area contributed by atoms with Crippen molar-refractivity contribution >= 4 is 28.9 Å². The lowest BCUT2D eigenvalue weighted by molar-refractivity contribution is -0.385. The van der Waals surface area contributed by atoms with Crippen molar-refractivity contribution in [1.82, 2.24) is 0 Å². The van der Waals surface area contributed by atoms with Crippen molar-refractivity contribution in [2.45, 2.75) is 38.3 Å². The van der Waals surface area contributed by atoms with Crippen LogP contribution in [0.4, 0.5) is 34.6 Å². The standard InChI is InChI=1S/C22H21F4N3O5/c23-17-8-6-14(10-18(17)28-20(30)13-4-2-1-3-5-13)27-21(31)16-11-15(34-12-22(24,25)26)7-9-19(16)29(32)33/h6-11,13H,1-5,12H2,(H,27,31)(H,28,30). The first kappa shape index (κ1) is 24.9. The molecule has 34 heavy (non-hydrogen) atoms. The topological polar surface area (TPSA) is 111 Å². The summed E-state index contributed by atoms with van der Waals surface area (Å²) in [5.41, 5.74) is -1.38. The molecule has 0 spiro atoms. The summed E-state index contributed by atoms with van der Waals surface area (Å²) < 4.78 is 56.0. The van der Waals surface area contributed by atoms with Gasteiger partial charge in [-0.15, -0.1) is 0 Å². The first-order valence-corrected chi connectivity index (χ1v) is 10.4. The Bertz CT molecular complexity index is 1080. The van der Waals surface area contributed by atoms with Gasteiger partial charge in [-0.05, 0) is 43.2 Å². The number of amides is 2. The second-order valence-corrected chi connectivity index (χ2v) is 7.81. The first-order valence-electron chi connectivity index (χ1n) is 10.4. The number of hydrogen-bond acceptors (Lipinski definition) is 5. The Kier molecular flexibility index (Phi) is 7.69. The molecule has 0 aromatic heterocycles. The van der Waals surface area contributed by atoms with Gasteiger partial charge in [0, 0.05) is 17.7 Å². The quantitative estimate of drug-likeness (QED) is 0.309. The van der Waals surface area contributed by atoms with E-state index >= 15 is 0 Å². The Hall–Kier alpha value is -3.70. The molecule has 8 nitrogen and oxygen atoms in total. The molecule has 0 radical (unpaired) electrons. The summed E-state index contributed by atoms with van der Waals surface area (Å²) in [4.78, 5) is 35.5. The number of anilines is 2. The first-order chi connectivity index (χ1) is 16.0. The normalized spacial score (nSPS) is 14.4. The van der Waals surface area contributed by atoms with Crippen molar-refractivity contribution in [2.75, 3.05) is 17.2 Å². The molecule has 1 aliphatic rings. The summed E-state index contributed by atoms with van der Waals surface area (Å²) in [5, 5.41) is 16.1. The molecule has 2 aromatic rings. The number of nitrogens with one attached hydrogen (secondary N) is 2. The molecule has 2 amide bonds. The number of halogens is 4. The lowest BCUT2D eigenvalue weighted by Crippen LogP contribution is -2.25. The third kappa shape index (κ3) is 6.65. The number of nitro benzene ring substituents is 1. The third-order valence-electron chi connectivity index (χ3n) is 5.27. The second-order valence-electron chi connectivity index (χ2n) is 7.81. The minimum absolute atomic E-state index is 0.0151. The highest BCUT2D eigenvalue weighted by atomic mass is 19.4. The van der Waals surface area contributed by atoms with Crippen LogP contribution < -0.4 is 15.4 Å². The van der Waals surface area contributed by atoms with Gasteiger partial charge >= 0.3 is 6.18 Å². The summed E-state index contributed by atoms with van der Waals surface area (Å²) in [6.07, 6.45) is -0.409. The molecular formula is C22H21F4N3O5. The fourth-order valence-corrected chi connectivity index (χ4v) is 3.61. The zero-order valence-electron chi connectivity index (χ0n) is 17.8. The summed E-state index contributed by atoms with van der Waals surface area (Å²) in [6, 6.07) is 5.94. The molecule has 2 N–H and O–H groups in total. The predicted molar refractivity (Wildman–Crippen MR) is 114 cm³/mol. The molecule has 1 aliphatic carbocycles. The van der Waals surface area contributed by atoms with Crippen molar-refractivity contribution in [3.05, 3.63) is 57.9 Å². The molecule has 0 unspecified atom stereocenters. The summed E-state index contributed by atoms with van der Waals surface area (Å²) in [5.74, 6) is -2.75. The Morgan fingerprint density at radius 1 is 1.06 bits per heavy atom. The van der Waals surface area contributed by atoms with E-state index in [9.17, 15) is 37.3 Å². The summed E-state index contributed by atoms with van der Waals surface area (Å²) in [7, 11) is 0. The van der Waals surface area contributed by atoms with Gasteiger partial charge in [0.25, 0.3) is 11.6 Å². The largest absolute Gasteiger partial charge is 0.484 e. The lowest BCUT2D eigenvalue weighted by atomic mass is 9.88. The van der Waals surface area contributed by atoms with Crippen LogP contribution in [0.3, 0.4) is 0 Å². The molecule has 0 saturated heterocycles. The lowest BCUT2D eigenvalue weighted by Gasteiger charge is -2.21. The Balaban J connectivity index is 1.78. The number of carbonyl (C=O) groups excluding carboxylic acids is 2. The Labute approximate surface area is 191 Å². The van der Waals surface area contributed by atoms with Crippen LogP contribution in [0, 0.1) is 21.8 Å². The third-order valence-corrected chi connectivity index (χ3v) is 5.27. The van der Waals surface area contributed by atoms with Gasteiger partial charge < -0.3 is 15.4 Å². The van der Waals surface area contributed by atoms with Crippen molar-refractivity contribution in [2.24, 2.45) is 5.92 Å². The van der Waals surface area contributed by atoms with Crippen LogP contribution in [-0.2, 0) is 4.79 Å². The van der Waals surface area contributed by atoms with E-state index in [1.54, 1.807) is 0 Å². The molecule has 1 saturated carbocycles. The van der Waals surface area contributed by atoms with Crippen LogP contribution in [-0.4, -0.2) is 29.5 Å². The van der Waals surface area contributed by atoms with Crippen molar-refractivity contribution < 1.29 is 36.8 Å². The molecule has 0 aliphatic heterocycles. The number of nitro groups is 1. The van der Waals surface area contributed by atoms with Crippen LogP contribution in [0.1, 0.15) is 42.5 Å². The monoisotopic (exact) mass is 483 g/mol. The van der Waals surface area contributed by atoms with Gasteiger partial charge in [-0.1, -0.05) is 19.3 Å². The number of ether oxygens (including phenoxy) is 1. The maximum atomic E-state index is 14.2. The highest BCUT2D eigenvalue weighted by Gasteiger charge is 2.29. The Morgan fingerprint density at radius 3 is 2.41 bits per heavy atom. The van der Waals surface area contributed by atoms with E-state index in [0.29, 0.717) is 12.8 Å². The van der Waals surface area contributed by atoms with Crippen LogP contribution in [0.25, 0.3) is 0 Å². The minimum Gasteiger partial charge on any atom is -0.484 e. The van der Waals surface area contributed by atoms with E-state index in [4.69, 9.17) is 0 Å². The van der Waals surface area contributed by atoms with Crippen molar-refractivity contribution in [1.29, 1.82) is 0 Å². The van der Waals surface area contributed by atoms with E-state index in [1.807, 2.05) is 0 Å². The van der Waals surface area contributed by atoms with Crippen LogP contribution >= 0.6 is 0 Å². The van der Waals surface area contributed by atoms with E-state index in [2.05, 4.69) is 15.4 Å². The molecule has 3 rings (SSSR count). The van der Waals surface area contributed by atoms with E-state index in [0.717, 1.165) is 49.6 Å². The molecule has 1 fully saturated rings. The maximum absolute atomic E-state index is 14.2. The highest BCUT2D eigenvalue weighted by molar-refractivity contribution is 6.07. The Morgan fingerprint density at radius 2 is 1.76 bits per heavy atom. The van der Waals surface area contributed by atoms with Gasteiger partial charge in [0.15, 0.2) is 6.61 Å². The molecule has 0 heterocycles.